The first-order chi connectivity index (χ1) is 6.15. The largest absolute Gasteiger partial charge is 0.464 e. The quantitative estimate of drug-likeness (QED) is 0.654. The van der Waals surface area contributed by atoms with Crippen LogP contribution in [-0.4, -0.2) is 23.0 Å². The normalized spacial score (nSPS) is 10.2. The highest BCUT2D eigenvalue weighted by Gasteiger charge is 2.13. The minimum absolute atomic E-state index is 0.173. The third-order valence-corrected chi connectivity index (χ3v) is 1.31. The number of rotatable bonds is 2. The van der Waals surface area contributed by atoms with Crippen LogP contribution in [0.3, 0.4) is 0 Å². The Morgan fingerprint density at radius 2 is 2.23 bits per heavy atom. The van der Waals surface area contributed by atoms with Gasteiger partial charge in [0.15, 0.2) is 5.69 Å². The van der Waals surface area contributed by atoms with Crippen LogP contribution in [0, 0.1) is 0 Å². The first kappa shape index (κ1) is 9.50. The number of aromatic nitrogens is 2. The number of hydrogen-bond donors (Lipinski definition) is 0. The van der Waals surface area contributed by atoms with Gasteiger partial charge in [0.05, 0.1) is 7.11 Å². The topological polar surface area (TPSA) is 52.1 Å². The molecule has 13 heavy (non-hydrogen) atoms. The zero-order chi connectivity index (χ0) is 9.84. The van der Waals surface area contributed by atoms with Crippen molar-refractivity contribution in [2.75, 3.05) is 7.11 Å². The van der Waals surface area contributed by atoms with Crippen LogP contribution in [0.15, 0.2) is 12.4 Å². The molecule has 0 saturated carbocycles. The van der Waals surface area contributed by atoms with Crippen LogP contribution < -0.4 is 0 Å². The Kier molecular flexibility index (Phi) is 2.84. The van der Waals surface area contributed by atoms with Crippen molar-refractivity contribution < 1.29 is 18.3 Å². The second-order valence-corrected chi connectivity index (χ2v) is 2.12. The average molecular weight is 188 g/mol. The Morgan fingerprint density at radius 3 is 2.77 bits per heavy atom. The van der Waals surface area contributed by atoms with E-state index in [1.165, 1.54) is 0 Å². The van der Waals surface area contributed by atoms with Crippen molar-refractivity contribution in [2.24, 2.45) is 0 Å². The molecule has 0 saturated heterocycles. The van der Waals surface area contributed by atoms with Gasteiger partial charge in [-0.3, -0.25) is 0 Å². The van der Waals surface area contributed by atoms with Gasteiger partial charge < -0.3 is 4.74 Å². The summed E-state index contributed by atoms with van der Waals surface area (Å²) in [5.41, 5.74) is -0.664. The van der Waals surface area contributed by atoms with Crippen molar-refractivity contribution in [1.82, 2.24) is 9.97 Å². The van der Waals surface area contributed by atoms with E-state index in [0.717, 1.165) is 19.5 Å². The minimum atomic E-state index is -2.72. The maximum absolute atomic E-state index is 12.1. The second-order valence-electron chi connectivity index (χ2n) is 2.12. The molecule has 0 bridgehead atoms. The third kappa shape index (κ3) is 2.17. The van der Waals surface area contributed by atoms with Crippen LogP contribution in [0.1, 0.15) is 22.6 Å². The van der Waals surface area contributed by atoms with E-state index in [1.807, 2.05) is 0 Å². The van der Waals surface area contributed by atoms with E-state index in [2.05, 4.69) is 14.7 Å². The Hall–Kier alpha value is -1.59. The SMILES string of the molecule is COC(=O)c1cc(C(F)F)ncn1. The molecule has 0 unspecified atom stereocenters. The molecule has 1 aromatic rings. The van der Waals surface area contributed by atoms with Crippen molar-refractivity contribution in [1.29, 1.82) is 0 Å². The van der Waals surface area contributed by atoms with Gasteiger partial charge in [-0.2, -0.15) is 0 Å². The summed E-state index contributed by atoms with van der Waals surface area (Å²) < 4.78 is 28.4. The minimum Gasteiger partial charge on any atom is -0.464 e. The van der Waals surface area contributed by atoms with Crippen molar-refractivity contribution in [3.63, 3.8) is 0 Å². The molecule has 6 heteroatoms. The van der Waals surface area contributed by atoms with E-state index in [4.69, 9.17) is 0 Å². The van der Waals surface area contributed by atoms with Crippen LogP contribution >= 0.6 is 0 Å². The highest BCUT2D eigenvalue weighted by atomic mass is 19.3. The molecule has 1 heterocycles. The van der Waals surface area contributed by atoms with Crippen LogP contribution in [0.4, 0.5) is 8.78 Å². The first-order valence-electron chi connectivity index (χ1n) is 3.33. The zero-order valence-corrected chi connectivity index (χ0v) is 6.70. The smallest absolute Gasteiger partial charge is 0.356 e. The summed E-state index contributed by atoms with van der Waals surface area (Å²) in [4.78, 5) is 17.6. The van der Waals surface area contributed by atoms with E-state index < -0.39 is 18.1 Å². The third-order valence-electron chi connectivity index (χ3n) is 1.31. The lowest BCUT2D eigenvalue weighted by Crippen LogP contribution is -2.06. The molecule has 0 amide bonds. The fourth-order valence-corrected chi connectivity index (χ4v) is 0.708. The molecule has 1 rings (SSSR count). The summed E-state index contributed by atoms with van der Waals surface area (Å²) >= 11 is 0. The maximum Gasteiger partial charge on any atom is 0.356 e. The summed E-state index contributed by atoms with van der Waals surface area (Å²) in [7, 11) is 1.15. The van der Waals surface area contributed by atoms with Crippen LogP contribution in [0.25, 0.3) is 0 Å². The number of nitrogens with zero attached hydrogens (tertiary/aromatic N) is 2. The Balaban J connectivity index is 2.98. The molecule has 1 aromatic heterocycles. The van der Waals surface area contributed by atoms with Gasteiger partial charge in [0.1, 0.15) is 12.0 Å². The van der Waals surface area contributed by atoms with Gasteiger partial charge in [-0.25, -0.2) is 23.5 Å². The standard InChI is InChI=1S/C7H6F2N2O2/c1-13-7(12)5-2-4(6(8)9)10-3-11-5/h2-3,6H,1H3. The molecule has 0 aromatic carbocycles. The van der Waals surface area contributed by atoms with E-state index in [-0.39, 0.29) is 5.69 Å². The number of carbonyl (C=O) groups is 1. The van der Waals surface area contributed by atoms with Crippen LogP contribution in [0.5, 0.6) is 0 Å². The first-order valence-corrected chi connectivity index (χ1v) is 3.33. The van der Waals surface area contributed by atoms with E-state index in [1.54, 1.807) is 0 Å². The number of carbonyl (C=O) groups excluding carboxylic acids is 1. The summed E-state index contributed by atoms with van der Waals surface area (Å²) in [6.45, 7) is 0. The van der Waals surface area contributed by atoms with Crippen molar-refractivity contribution >= 4 is 5.97 Å². The fraction of sp³-hybridized carbons (Fsp3) is 0.286. The Bertz CT molecular complexity index is 317. The van der Waals surface area contributed by atoms with Gasteiger partial charge in [0.25, 0.3) is 6.43 Å². The van der Waals surface area contributed by atoms with Crippen LogP contribution in [-0.2, 0) is 4.74 Å². The number of esters is 1. The fourth-order valence-electron chi connectivity index (χ4n) is 0.708. The second kappa shape index (κ2) is 3.88. The molecule has 0 radical (unpaired) electrons. The van der Waals surface area contributed by atoms with E-state index in [9.17, 15) is 13.6 Å². The molecule has 0 atom stereocenters. The molecule has 70 valence electrons. The molecule has 0 aliphatic rings. The summed E-state index contributed by atoms with van der Waals surface area (Å²) in [5.74, 6) is -0.760. The van der Waals surface area contributed by atoms with E-state index >= 15 is 0 Å². The van der Waals surface area contributed by atoms with Crippen molar-refractivity contribution in [2.45, 2.75) is 6.43 Å². The monoisotopic (exact) mass is 188 g/mol. The molecule has 4 nitrogen and oxygen atoms in total. The van der Waals surface area contributed by atoms with Gasteiger partial charge in [-0.1, -0.05) is 0 Å². The molecule has 0 aliphatic heterocycles. The lowest BCUT2D eigenvalue weighted by atomic mass is 10.3. The van der Waals surface area contributed by atoms with E-state index in [0.29, 0.717) is 0 Å². The lowest BCUT2D eigenvalue weighted by molar-refractivity contribution is 0.0593. The van der Waals surface area contributed by atoms with Crippen molar-refractivity contribution in [3.8, 4) is 0 Å². The van der Waals surface area contributed by atoms with Gasteiger partial charge in [-0.05, 0) is 6.07 Å². The Labute approximate surface area is 72.6 Å². The van der Waals surface area contributed by atoms with Crippen molar-refractivity contribution in [3.05, 3.63) is 23.8 Å². The number of ether oxygens (including phenoxy) is 1. The summed E-state index contributed by atoms with van der Waals surface area (Å²) in [6, 6.07) is 0.899. The lowest BCUT2D eigenvalue weighted by Gasteiger charge is -2.00. The molecule has 0 N–H and O–H groups in total. The summed E-state index contributed by atoms with van der Waals surface area (Å²) in [6.07, 6.45) is -1.82. The predicted molar refractivity (Wildman–Crippen MR) is 38.3 cm³/mol. The van der Waals surface area contributed by atoms with Gasteiger partial charge in [-0.15, -0.1) is 0 Å². The molecular formula is C7H6F2N2O2. The number of alkyl halides is 2. The highest BCUT2D eigenvalue weighted by Crippen LogP contribution is 2.15. The number of methoxy groups -OCH3 is 1. The molecule has 0 fully saturated rings. The number of halogens is 2. The van der Waals surface area contributed by atoms with Crippen LogP contribution in [0.2, 0.25) is 0 Å². The highest BCUT2D eigenvalue weighted by molar-refractivity contribution is 5.87. The maximum atomic E-state index is 12.1. The average Bonchev–Trinajstić information content (AvgIpc) is 2.17. The summed E-state index contributed by atoms with van der Waals surface area (Å²) in [5, 5.41) is 0. The van der Waals surface area contributed by atoms with Gasteiger partial charge in [0, 0.05) is 0 Å². The predicted octanol–water partition coefficient (Wildman–Crippen LogP) is 1.20. The van der Waals surface area contributed by atoms with Gasteiger partial charge in [0.2, 0.25) is 0 Å². The number of hydrogen-bond acceptors (Lipinski definition) is 4. The zero-order valence-electron chi connectivity index (χ0n) is 6.70. The Morgan fingerprint density at radius 1 is 1.54 bits per heavy atom. The molecular weight excluding hydrogens is 182 g/mol. The molecule has 0 spiro atoms. The van der Waals surface area contributed by atoms with Gasteiger partial charge >= 0.3 is 5.97 Å². The molecule has 0 aliphatic carbocycles.